The monoisotopic (exact) mass is 195 g/mol. The fourth-order valence-corrected chi connectivity index (χ4v) is 1.30. The van der Waals surface area contributed by atoms with Gasteiger partial charge in [0.2, 0.25) is 5.91 Å². The summed E-state index contributed by atoms with van der Waals surface area (Å²) in [5.41, 5.74) is 2.07. The zero-order valence-electron chi connectivity index (χ0n) is 7.82. The second-order valence-corrected chi connectivity index (χ2v) is 3.27. The quantitative estimate of drug-likeness (QED) is 0.714. The number of anilines is 1. The number of aryl methyl sites for hydroxylation is 1. The number of amides is 1. The third-order valence-corrected chi connectivity index (χ3v) is 2.17. The number of carbonyl (C=O) groups is 1. The lowest BCUT2D eigenvalue weighted by Crippen LogP contribution is -2.27. The Hall–Kier alpha value is -0.960. The van der Waals surface area contributed by atoms with E-state index in [0.29, 0.717) is 0 Å². The largest absolute Gasteiger partial charge is 0.315 e. The van der Waals surface area contributed by atoms with Crippen LogP contribution in [0.2, 0.25) is 0 Å². The average Bonchev–Trinajstić information content (AvgIpc) is 2.15. The summed E-state index contributed by atoms with van der Waals surface area (Å²) >= 11 is 3.94. The minimum atomic E-state index is 0.00827. The number of hydrogen-bond acceptors (Lipinski definition) is 2. The highest BCUT2D eigenvalue weighted by molar-refractivity contribution is 7.81. The first-order chi connectivity index (χ1) is 6.15. The maximum Gasteiger partial charge on any atom is 0.236 e. The molecule has 0 atom stereocenters. The minimum Gasteiger partial charge on any atom is -0.315 e. The maximum absolute atomic E-state index is 11.3. The molecule has 0 fully saturated rings. The zero-order valence-corrected chi connectivity index (χ0v) is 8.71. The van der Waals surface area contributed by atoms with Crippen LogP contribution < -0.4 is 4.90 Å². The van der Waals surface area contributed by atoms with E-state index < -0.39 is 0 Å². The van der Waals surface area contributed by atoms with Gasteiger partial charge in [0.1, 0.15) is 0 Å². The molecule has 0 radical (unpaired) electrons. The third kappa shape index (κ3) is 2.49. The molecule has 0 saturated heterocycles. The number of hydrogen-bond donors (Lipinski definition) is 1. The van der Waals surface area contributed by atoms with Gasteiger partial charge in [-0.3, -0.25) is 4.79 Å². The van der Waals surface area contributed by atoms with E-state index in [1.165, 1.54) is 0 Å². The molecule has 70 valence electrons. The van der Waals surface area contributed by atoms with Gasteiger partial charge in [-0.25, -0.2) is 0 Å². The fraction of sp³-hybridized carbons (Fsp3) is 0.300. The Bertz CT molecular complexity index is 312. The summed E-state index contributed by atoms with van der Waals surface area (Å²) < 4.78 is 0. The number of thiol groups is 1. The smallest absolute Gasteiger partial charge is 0.236 e. The second kappa shape index (κ2) is 4.33. The Morgan fingerprint density at radius 1 is 1.54 bits per heavy atom. The molecule has 0 spiro atoms. The average molecular weight is 195 g/mol. The molecule has 1 aromatic carbocycles. The van der Waals surface area contributed by atoms with E-state index in [1.54, 1.807) is 11.9 Å². The summed E-state index contributed by atoms with van der Waals surface area (Å²) in [6.45, 7) is 2.00. The van der Waals surface area contributed by atoms with Crippen LogP contribution in [0.4, 0.5) is 5.69 Å². The molecule has 0 aliphatic rings. The van der Waals surface area contributed by atoms with Crippen LogP contribution in [-0.2, 0) is 4.79 Å². The van der Waals surface area contributed by atoms with Gasteiger partial charge in [-0.15, -0.1) is 0 Å². The van der Waals surface area contributed by atoms with E-state index in [-0.39, 0.29) is 11.7 Å². The van der Waals surface area contributed by atoms with Crippen LogP contribution in [0.3, 0.4) is 0 Å². The summed E-state index contributed by atoms with van der Waals surface area (Å²) in [4.78, 5) is 12.9. The normalized spacial score (nSPS) is 9.77. The number of nitrogens with zero attached hydrogens (tertiary/aromatic N) is 1. The van der Waals surface area contributed by atoms with Gasteiger partial charge in [0.05, 0.1) is 5.75 Å². The van der Waals surface area contributed by atoms with Crippen molar-refractivity contribution in [3.8, 4) is 0 Å². The summed E-state index contributed by atoms with van der Waals surface area (Å²) in [5.74, 6) is 0.249. The van der Waals surface area contributed by atoms with Crippen molar-refractivity contribution >= 4 is 24.2 Å². The van der Waals surface area contributed by atoms with Crippen molar-refractivity contribution in [1.29, 1.82) is 0 Å². The molecule has 1 rings (SSSR count). The van der Waals surface area contributed by atoms with Crippen molar-refractivity contribution in [2.24, 2.45) is 0 Å². The molecule has 0 saturated carbocycles. The van der Waals surface area contributed by atoms with Crippen LogP contribution in [0.1, 0.15) is 5.56 Å². The summed E-state index contributed by atoms with van der Waals surface area (Å²) in [6.07, 6.45) is 0. The highest BCUT2D eigenvalue weighted by Gasteiger charge is 2.07. The Labute approximate surface area is 84.0 Å². The lowest BCUT2D eigenvalue weighted by atomic mass is 10.2. The van der Waals surface area contributed by atoms with Crippen molar-refractivity contribution in [2.75, 3.05) is 17.7 Å². The highest BCUT2D eigenvalue weighted by atomic mass is 32.1. The van der Waals surface area contributed by atoms with Crippen LogP contribution in [0.15, 0.2) is 24.3 Å². The Kier molecular flexibility index (Phi) is 3.37. The van der Waals surface area contributed by atoms with Gasteiger partial charge in [0, 0.05) is 12.7 Å². The summed E-state index contributed by atoms with van der Waals surface area (Å²) in [6, 6.07) is 7.82. The molecular formula is C10H13NOS. The molecule has 0 aliphatic heterocycles. The molecule has 0 aliphatic carbocycles. The lowest BCUT2D eigenvalue weighted by molar-refractivity contribution is -0.115. The van der Waals surface area contributed by atoms with Gasteiger partial charge in [0.15, 0.2) is 0 Å². The molecule has 0 N–H and O–H groups in total. The van der Waals surface area contributed by atoms with E-state index in [1.807, 2.05) is 31.2 Å². The SMILES string of the molecule is Cc1cccc(N(C)C(=O)CS)c1. The first-order valence-corrected chi connectivity index (χ1v) is 4.72. The van der Waals surface area contributed by atoms with E-state index in [2.05, 4.69) is 12.6 Å². The molecule has 0 aromatic heterocycles. The van der Waals surface area contributed by atoms with Crippen molar-refractivity contribution in [3.05, 3.63) is 29.8 Å². The third-order valence-electron chi connectivity index (χ3n) is 1.90. The van der Waals surface area contributed by atoms with E-state index in [0.717, 1.165) is 11.3 Å². The van der Waals surface area contributed by atoms with E-state index in [9.17, 15) is 4.79 Å². The predicted octanol–water partition coefficient (Wildman–Crippen LogP) is 1.89. The summed E-state index contributed by atoms with van der Waals surface area (Å²) in [7, 11) is 1.76. The number of benzene rings is 1. The maximum atomic E-state index is 11.3. The Morgan fingerprint density at radius 3 is 2.77 bits per heavy atom. The van der Waals surface area contributed by atoms with Gasteiger partial charge in [-0.05, 0) is 24.6 Å². The Balaban J connectivity index is 2.88. The van der Waals surface area contributed by atoms with Crippen LogP contribution in [0.5, 0.6) is 0 Å². The number of rotatable bonds is 2. The van der Waals surface area contributed by atoms with E-state index >= 15 is 0 Å². The molecule has 0 heterocycles. The molecule has 3 heteroatoms. The van der Waals surface area contributed by atoms with Gasteiger partial charge in [-0.2, -0.15) is 12.6 Å². The highest BCUT2D eigenvalue weighted by Crippen LogP contribution is 2.14. The van der Waals surface area contributed by atoms with Crippen molar-refractivity contribution < 1.29 is 4.79 Å². The Morgan fingerprint density at radius 2 is 2.23 bits per heavy atom. The lowest BCUT2D eigenvalue weighted by Gasteiger charge is -2.16. The standard InChI is InChI=1S/C10H13NOS/c1-8-4-3-5-9(6-8)11(2)10(12)7-13/h3-6,13H,7H2,1-2H3. The minimum absolute atomic E-state index is 0.00827. The van der Waals surface area contributed by atoms with Crippen LogP contribution in [-0.4, -0.2) is 18.7 Å². The van der Waals surface area contributed by atoms with Crippen LogP contribution in [0, 0.1) is 6.92 Å². The fourth-order valence-electron chi connectivity index (χ4n) is 1.09. The van der Waals surface area contributed by atoms with Gasteiger partial charge < -0.3 is 4.90 Å². The first kappa shape index (κ1) is 10.1. The molecule has 0 unspecified atom stereocenters. The number of carbonyl (C=O) groups excluding carboxylic acids is 1. The molecule has 13 heavy (non-hydrogen) atoms. The van der Waals surface area contributed by atoms with Gasteiger partial charge in [-0.1, -0.05) is 12.1 Å². The molecule has 0 bridgehead atoms. The molecule has 2 nitrogen and oxygen atoms in total. The molecule has 1 amide bonds. The zero-order chi connectivity index (χ0) is 9.84. The van der Waals surface area contributed by atoms with Gasteiger partial charge in [0.25, 0.3) is 0 Å². The van der Waals surface area contributed by atoms with Gasteiger partial charge >= 0.3 is 0 Å². The second-order valence-electron chi connectivity index (χ2n) is 2.95. The van der Waals surface area contributed by atoms with Crippen molar-refractivity contribution in [1.82, 2.24) is 0 Å². The molecular weight excluding hydrogens is 182 g/mol. The predicted molar refractivity (Wildman–Crippen MR) is 58.4 cm³/mol. The van der Waals surface area contributed by atoms with Crippen molar-refractivity contribution in [2.45, 2.75) is 6.92 Å². The summed E-state index contributed by atoms with van der Waals surface area (Å²) in [5, 5.41) is 0. The first-order valence-electron chi connectivity index (χ1n) is 4.09. The van der Waals surface area contributed by atoms with E-state index in [4.69, 9.17) is 0 Å². The van der Waals surface area contributed by atoms with Crippen LogP contribution >= 0.6 is 12.6 Å². The van der Waals surface area contributed by atoms with Crippen molar-refractivity contribution in [3.63, 3.8) is 0 Å². The topological polar surface area (TPSA) is 20.3 Å². The molecule has 1 aromatic rings. The van der Waals surface area contributed by atoms with Crippen LogP contribution in [0.25, 0.3) is 0 Å².